The first-order chi connectivity index (χ1) is 4.38. The molecule has 1 aliphatic heterocycles. The van der Waals surface area contributed by atoms with Gasteiger partial charge in [-0.3, -0.25) is 0 Å². The average Bonchev–Trinajstić information content (AvgIpc) is 2.58. The van der Waals surface area contributed by atoms with Gasteiger partial charge in [0.1, 0.15) is 0 Å². The van der Waals surface area contributed by atoms with Gasteiger partial charge in [-0.05, 0) is 12.8 Å². The number of aliphatic hydroxyl groups excluding tert-OH is 1. The second-order valence-corrected chi connectivity index (χ2v) is 3.03. The van der Waals surface area contributed by atoms with Crippen molar-refractivity contribution in [2.45, 2.75) is 31.5 Å². The highest BCUT2D eigenvalue weighted by Crippen LogP contribution is 2.34. The Kier molecular flexibility index (Phi) is 1.24. The zero-order valence-corrected chi connectivity index (χ0v) is 5.42. The summed E-state index contributed by atoms with van der Waals surface area (Å²) in [6.45, 7) is 0.891. The quantitative estimate of drug-likeness (QED) is 0.523. The fourth-order valence-electron chi connectivity index (χ4n) is 1.71. The lowest BCUT2D eigenvalue weighted by atomic mass is 10.0. The molecule has 9 heavy (non-hydrogen) atoms. The van der Waals surface area contributed by atoms with Crippen LogP contribution in [0.25, 0.3) is 0 Å². The molecule has 0 spiro atoms. The molecule has 2 rings (SSSR count). The van der Waals surface area contributed by atoms with Gasteiger partial charge in [0.15, 0.2) is 0 Å². The number of hydrogen-bond donors (Lipinski definition) is 1. The van der Waals surface area contributed by atoms with E-state index in [0.29, 0.717) is 12.0 Å². The summed E-state index contributed by atoms with van der Waals surface area (Å²) in [6.07, 6.45) is 3.71. The van der Waals surface area contributed by atoms with Gasteiger partial charge in [-0.1, -0.05) is 6.42 Å². The number of epoxide rings is 1. The summed E-state index contributed by atoms with van der Waals surface area (Å²) >= 11 is 0. The van der Waals surface area contributed by atoms with Gasteiger partial charge in [-0.15, -0.1) is 0 Å². The molecule has 1 unspecified atom stereocenters. The van der Waals surface area contributed by atoms with Gasteiger partial charge in [-0.2, -0.15) is 0 Å². The molecular weight excluding hydrogens is 116 g/mol. The van der Waals surface area contributed by atoms with Crippen LogP contribution in [0.2, 0.25) is 0 Å². The van der Waals surface area contributed by atoms with Crippen LogP contribution in [0.15, 0.2) is 0 Å². The third-order valence-electron chi connectivity index (χ3n) is 2.37. The second kappa shape index (κ2) is 1.96. The minimum Gasteiger partial charge on any atom is -0.393 e. The minimum absolute atomic E-state index is 0.0579. The van der Waals surface area contributed by atoms with Crippen LogP contribution in [0.1, 0.15) is 19.3 Å². The molecule has 0 aromatic rings. The monoisotopic (exact) mass is 128 g/mol. The molecule has 1 saturated heterocycles. The summed E-state index contributed by atoms with van der Waals surface area (Å²) in [5.74, 6) is 0.477. The molecule has 0 bridgehead atoms. The molecule has 0 amide bonds. The average molecular weight is 128 g/mol. The van der Waals surface area contributed by atoms with E-state index in [1.165, 1.54) is 12.8 Å². The minimum atomic E-state index is -0.0579. The molecular formula is C7H12O2. The molecule has 2 heteroatoms. The Bertz CT molecular complexity index is 109. The third kappa shape index (κ3) is 0.970. The van der Waals surface area contributed by atoms with Crippen LogP contribution in [0.5, 0.6) is 0 Å². The predicted octanol–water partition coefficient (Wildman–Crippen LogP) is 0.546. The van der Waals surface area contributed by atoms with Crippen molar-refractivity contribution in [2.75, 3.05) is 6.61 Å². The van der Waals surface area contributed by atoms with Gasteiger partial charge >= 0.3 is 0 Å². The van der Waals surface area contributed by atoms with Crippen LogP contribution in [0.3, 0.4) is 0 Å². The van der Waals surface area contributed by atoms with Crippen molar-refractivity contribution in [3.63, 3.8) is 0 Å². The smallest absolute Gasteiger partial charge is 0.0862 e. The molecule has 52 valence electrons. The van der Waals surface area contributed by atoms with Crippen LogP contribution in [0.4, 0.5) is 0 Å². The first kappa shape index (κ1) is 5.69. The van der Waals surface area contributed by atoms with Crippen LogP contribution in [-0.4, -0.2) is 23.9 Å². The van der Waals surface area contributed by atoms with Crippen molar-refractivity contribution in [3.05, 3.63) is 0 Å². The zero-order chi connectivity index (χ0) is 6.27. The van der Waals surface area contributed by atoms with E-state index in [4.69, 9.17) is 4.74 Å². The van der Waals surface area contributed by atoms with Gasteiger partial charge in [0.2, 0.25) is 0 Å². The van der Waals surface area contributed by atoms with Crippen molar-refractivity contribution in [3.8, 4) is 0 Å². The van der Waals surface area contributed by atoms with Gasteiger partial charge in [-0.25, -0.2) is 0 Å². The fraction of sp³-hybridized carbons (Fsp3) is 1.00. The Morgan fingerprint density at radius 3 is 2.56 bits per heavy atom. The molecule has 1 aliphatic carbocycles. The van der Waals surface area contributed by atoms with E-state index in [2.05, 4.69) is 0 Å². The molecule has 2 nitrogen and oxygen atoms in total. The number of aliphatic hydroxyl groups is 1. The number of hydrogen-bond acceptors (Lipinski definition) is 2. The molecule has 1 saturated carbocycles. The number of rotatable bonds is 1. The van der Waals surface area contributed by atoms with E-state index in [0.717, 1.165) is 13.0 Å². The number of ether oxygens (including phenoxy) is 1. The second-order valence-electron chi connectivity index (χ2n) is 3.03. The maximum absolute atomic E-state index is 9.32. The van der Waals surface area contributed by atoms with Crippen LogP contribution < -0.4 is 0 Å². The Balaban J connectivity index is 1.93. The SMILES string of the molecule is O[C@@H]1CCC[C@H]1C1CO1. The normalized spacial score (nSPS) is 49.7. The molecule has 2 fully saturated rings. The topological polar surface area (TPSA) is 32.8 Å². The van der Waals surface area contributed by atoms with E-state index in [1.807, 2.05) is 0 Å². The van der Waals surface area contributed by atoms with Crippen LogP contribution in [-0.2, 0) is 4.74 Å². The van der Waals surface area contributed by atoms with Gasteiger partial charge in [0.25, 0.3) is 0 Å². The summed E-state index contributed by atoms with van der Waals surface area (Å²) < 4.78 is 5.10. The Morgan fingerprint density at radius 1 is 1.33 bits per heavy atom. The molecule has 1 N–H and O–H groups in total. The largest absolute Gasteiger partial charge is 0.393 e. The third-order valence-corrected chi connectivity index (χ3v) is 2.37. The highest BCUT2D eigenvalue weighted by atomic mass is 16.6. The highest BCUT2D eigenvalue weighted by Gasteiger charge is 2.39. The van der Waals surface area contributed by atoms with Crippen LogP contribution >= 0.6 is 0 Å². The van der Waals surface area contributed by atoms with Crippen molar-refractivity contribution < 1.29 is 9.84 Å². The van der Waals surface area contributed by atoms with E-state index in [1.54, 1.807) is 0 Å². The summed E-state index contributed by atoms with van der Waals surface area (Å²) in [4.78, 5) is 0. The molecule has 3 atom stereocenters. The van der Waals surface area contributed by atoms with E-state index >= 15 is 0 Å². The Hall–Kier alpha value is -0.0800. The molecule has 0 radical (unpaired) electrons. The summed E-state index contributed by atoms with van der Waals surface area (Å²) in [5, 5.41) is 9.32. The van der Waals surface area contributed by atoms with Crippen molar-refractivity contribution in [1.82, 2.24) is 0 Å². The fourth-order valence-corrected chi connectivity index (χ4v) is 1.71. The molecule has 0 aromatic heterocycles. The van der Waals surface area contributed by atoms with E-state index < -0.39 is 0 Å². The van der Waals surface area contributed by atoms with E-state index in [-0.39, 0.29) is 6.10 Å². The predicted molar refractivity (Wildman–Crippen MR) is 33.1 cm³/mol. The van der Waals surface area contributed by atoms with Gasteiger partial charge in [0, 0.05) is 5.92 Å². The first-order valence-electron chi connectivity index (χ1n) is 3.67. The summed E-state index contributed by atoms with van der Waals surface area (Å²) in [7, 11) is 0. The summed E-state index contributed by atoms with van der Waals surface area (Å²) in [6, 6.07) is 0. The lowest BCUT2D eigenvalue weighted by Crippen LogP contribution is -2.18. The highest BCUT2D eigenvalue weighted by molar-refractivity contribution is 4.88. The van der Waals surface area contributed by atoms with E-state index in [9.17, 15) is 5.11 Å². The van der Waals surface area contributed by atoms with Gasteiger partial charge in [0.05, 0.1) is 18.8 Å². The van der Waals surface area contributed by atoms with Crippen LogP contribution in [0, 0.1) is 5.92 Å². The maximum atomic E-state index is 9.32. The lowest BCUT2D eigenvalue weighted by Gasteiger charge is -2.09. The van der Waals surface area contributed by atoms with Crippen molar-refractivity contribution >= 4 is 0 Å². The van der Waals surface area contributed by atoms with Crippen molar-refractivity contribution in [1.29, 1.82) is 0 Å². The maximum Gasteiger partial charge on any atom is 0.0862 e. The van der Waals surface area contributed by atoms with Crippen molar-refractivity contribution in [2.24, 2.45) is 5.92 Å². The molecule has 0 aromatic carbocycles. The Labute approximate surface area is 54.8 Å². The standard InChI is InChI=1S/C7H12O2/c8-6-3-1-2-5(6)7-4-9-7/h5-8H,1-4H2/t5-,6-,7?/m1/s1. The zero-order valence-electron chi connectivity index (χ0n) is 5.42. The summed E-state index contributed by atoms with van der Waals surface area (Å²) in [5.41, 5.74) is 0. The Morgan fingerprint density at radius 2 is 2.11 bits per heavy atom. The van der Waals surface area contributed by atoms with Gasteiger partial charge < -0.3 is 9.84 Å². The molecule has 1 heterocycles. The molecule has 2 aliphatic rings. The first-order valence-corrected chi connectivity index (χ1v) is 3.67. The lowest BCUT2D eigenvalue weighted by molar-refractivity contribution is 0.114.